The molecule has 0 radical (unpaired) electrons. The highest BCUT2D eigenvalue weighted by Crippen LogP contribution is 2.17. The summed E-state index contributed by atoms with van der Waals surface area (Å²) in [5, 5.41) is 5.70. The quantitative estimate of drug-likeness (QED) is 0.738. The summed E-state index contributed by atoms with van der Waals surface area (Å²) >= 11 is 0. The Labute approximate surface area is 143 Å². The minimum atomic E-state index is -0.368. The molecule has 25 heavy (non-hydrogen) atoms. The molecule has 3 aromatic rings. The van der Waals surface area contributed by atoms with Gasteiger partial charge in [0.15, 0.2) is 0 Å². The van der Waals surface area contributed by atoms with E-state index in [9.17, 15) is 13.6 Å². The van der Waals surface area contributed by atoms with Crippen LogP contribution in [0.4, 0.5) is 20.2 Å². The Hall–Kier alpha value is -3.28. The number of amides is 1. The van der Waals surface area contributed by atoms with Crippen LogP contribution >= 0.6 is 0 Å². The molecule has 126 valence electrons. The molecular weight excluding hydrogens is 324 g/mol. The topological polar surface area (TPSA) is 54.0 Å². The van der Waals surface area contributed by atoms with Crippen LogP contribution in [-0.2, 0) is 6.54 Å². The van der Waals surface area contributed by atoms with Gasteiger partial charge in [-0.1, -0.05) is 18.2 Å². The second-order valence-electron chi connectivity index (χ2n) is 5.37. The third kappa shape index (κ3) is 4.38. The number of nitrogens with zero attached hydrogens (tertiary/aromatic N) is 1. The monoisotopic (exact) mass is 339 g/mol. The van der Waals surface area contributed by atoms with Gasteiger partial charge in [0.05, 0.1) is 17.4 Å². The van der Waals surface area contributed by atoms with Crippen molar-refractivity contribution in [2.45, 2.75) is 6.54 Å². The van der Waals surface area contributed by atoms with Gasteiger partial charge in [0.2, 0.25) is 0 Å². The largest absolute Gasteiger partial charge is 0.354 e. The molecule has 6 heteroatoms. The molecule has 1 heterocycles. The van der Waals surface area contributed by atoms with Crippen molar-refractivity contribution in [3.05, 3.63) is 89.8 Å². The fraction of sp³-hybridized carbons (Fsp3) is 0.0526. The predicted molar refractivity (Wildman–Crippen MR) is 91.5 cm³/mol. The first kappa shape index (κ1) is 16.6. The summed E-state index contributed by atoms with van der Waals surface area (Å²) in [6.07, 6.45) is 2.98. The van der Waals surface area contributed by atoms with Gasteiger partial charge in [0.1, 0.15) is 11.6 Å². The molecule has 0 aliphatic carbocycles. The van der Waals surface area contributed by atoms with Crippen LogP contribution < -0.4 is 10.6 Å². The summed E-state index contributed by atoms with van der Waals surface area (Å²) in [6.45, 7) is 0.0844. The van der Waals surface area contributed by atoms with Crippen LogP contribution in [0.15, 0.2) is 67.0 Å². The zero-order valence-electron chi connectivity index (χ0n) is 13.2. The molecule has 3 rings (SSSR count). The molecule has 0 aliphatic heterocycles. The van der Waals surface area contributed by atoms with Crippen molar-refractivity contribution in [2.75, 3.05) is 5.32 Å². The number of benzene rings is 2. The van der Waals surface area contributed by atoms with E-state index in [2.05, 4.69) is 15.6 Å². The van der Waals surface area contributed by atoms with Crippen LogP contribution in [0, 0.1) is 11.6 Å². The average Bonchev–Trinajstić information content (AvgIpc) is 2.63. The Kier molecular flexibility index (Phi) is 4.99. The molecule has 0 saturated carbocycles. The van der Waals surface area contributed by atoms with Gasteiger partial charge in [-0.15, -0.1) is 0 Å². The van der Waals surface area contributed by atoms with Crippen molar-refractivity contribution >= 4 is 17.3 Å². The van der Waals surface area contributed by atoms with E-state index in [1.165, 1.54) is 24.4 Å². The second kappa shape index (κ2) is 7.53. The number of hydrogen-bond donors (Lipinski definition) is 2. The van der Waals surface area contributed by atoms with Gasteiger partial charge in [-0.05, 0) is 36.4 Å². The molecule has 2 aromatic carbocycles. The summed E-state index contributed by atoms with van der Waals surface area (Å²) < 4.78 is 26.5. The Morgan fingerprint density at radius 3 is 2.48 bits per heavy atom. The van der Waals surface area contributed by atoms with E-state index >= 15 is 0 Å². The maximum Gasteiger partial charge on any atom is 0.253 e. The molecule has 0 bridgehead atoms. The number of pyridine rings is 1. The Bertz CT molecular complexity index is 882. The van der Waals surface area contributed by atoms with Gasteiger partial charge >= 0.3 is 0 Å². The molecule has 1 amide bonds. The lowest BCUT2D eigenvalue weighted by Crippen LogP contribution is -2.23. The zero-order valence-corrected chi connectivity index (χ0v) is 13.2. The zero-order chi connectivity index (χ0) is 17.6. The molecule has 1 aromatic heterocycles. The number of halogens is 2. The first-order valence-electron chi connectivity index (χ1n) is 7.61. The number of carbonyl (C=O) groups excluding carboxylic acids is 1. The smallest absolute Gasteiger partial charge is 0.253 e. The van der Waals surface area contributed by atoms with Gasteiger partial charge in [-0.2, -0.15) is 0 Å². The minimum Gasteiger partial charge on any atom is -0.354 e. The van der Waals surface area contributed by atoms with Gasteiger partial charge in [0, 0.05) is 24.0 Å². The first-order valence-corrected chi connectivity index (χ1v) is 7.61. The van der Waals surface area contributed by atoms with E-state index in [4.69, 9.17) is 0 Å². The van der Waals surface area contributed by atoms with Crippen molar-refractivity contribution in [2.24, 2.45) is 0 Å². The maximum absolute atomic E-state index is 13.6. The molecule has 0 saturated heterocycles. The number of aromatic nitrogens is 1. The summed E-state index contributed by atoms with van der Waals surface area (Å²) in [5.41, 5.74) is 2.00. The van der Waals surface area contributed by atoms with Crippen molar-refractivity contribution in [3.8, 4) is 0 Å². The van der Waals surface area contributed by atoms with Gasteiger partial charge in [-0.3, -0.25) is 9.78 Å². The van der Waals surface area contributed by atoms with Crippen LogP contribution in [0.1, 0.15) is 15.9 Å². The first-order chi connectivity index (χ1) is 12.1. The summed E-state index contributed by atoms with van der Waals surface area (Å²) in [5.74, 6) is -1.06. The molecule has 0 aliphatic rings. The number of nitrogens with one attached hydrogen (secondary N) is 2. The molecule has 4 nitrogen and oxygen atoms in total. The average molecular weight is 339 g/mol. The summed E-state index contributed by atoms with van der Waals surface area (Å²) in [4.78, 5) is 16.2. The van der Waals surface area contributed by atoms with E-state index in [1.807, 2.05) is 0 Å². The fourth-order valence-electron chi connectivity index (χ4n) is 2.25. The summed E-state index contributed by atoms with van der Waals surface area (Å²) in [7, 11) is 0. The Morgan fingerprint density at radius 1 is 0.960 bits per heavy atom. The van der Waals surface area contributed by atoms with E-state index in [0.29, 0.717) is 22.5 Å². The van der Waals surface area contributed by atoms with Crippen LogP contribution in [0.2, 0.25) is 0 Å². The highest BCUT2D eigenvalue weighted by Gasteiger charge is 2.08. The lowest BCUT2D eigenvalue weighted by molar-refractivity contribution is 0.0950. The second-order valence-corrected chi connectivity index (χ2v) is 5.37. The molecule has 2 N–H and O–H groups in total. The van der Waals surface area contributed by atoms with E-state index < -0.39 is 0 Å². The predicted octanol–water partition coefficient (Wildman–Crippen LogP) is 4.03. The van der Waals surface area contributed by atoms with Crippen LogP contribution in [-0.4, -0.2) is 10.9 Å². The van der Waals surface area contributed by atoms with E-state index in [0.717, 1.165) is 0 Å². The number of rotatable bonds is 5. The number of anilines is 2. The minimum absolute atomic E-state index is 0.0844. The van der Waals surface area contributed by atoms with E-state index in [1.54, 1.807) is 42.6 Å². The highest BCUT2D eigenvalue weighted by molar-refractivity contribution is 5.94. The van der Waals surface area contributed by atoms with Crippen molar-refractivity contribution in [1.82, 2.24) is 10.3 Å². The van der Waals surface area contributed by atoms with Gasteiger partial charge in [-0.25, -0.2) is 8.78 Å². The van der Waals surface area contributed by atoms with Crippen LogP contribution in [0.3, 0.4) is 0 Å². The molecule has 0 unspecified atom stereocenters. The van der Waals surface area contributed by atoms with Gasteiger partial charge in [0.25, 0.3) is 5.91 Å². The third-order valence-corrected chi connectivity index (χ3v) is 3.53. The van der Waals surface area contributed by atoms with Crippen molar-refractivity contribution in [1.29, 1.82) is 0 Å². The molecule has 0 spiro atoms. The van der Waals surface area contributed by atoms with Crippen LogP contribution in [0.25, 0.3) is 0 Å². The normalized spacial score (nSPS) is 10.3. The van der Waals surface area contributed by atoms with Gasteiger partial charge < -0.3 is 10.6 Å². The van der Waals surface area contributed by atoms with Crippen LogP contribution in [0.5, 0.6) is 0 Å². The third-order valence-electron chi connectivity index (χ3n) is 3.53. The summed E-state index contributed by atoms with van der Waals surface area (Å²) in [6, 6.07) is 13.7. The SMILES string of the molecule is O=C(NCc1ccccc1F)c1cncc(Nc2ccc(F)cc2)c1. The molecule has 0 fully saturated rings. The van der Waals surface area contributed by atoms with Crippen molar-refractivity contribution < 1.29 is 13.6 Å². The number of hydrogen-bond acceptors (Lipinski definition) is 3. The fourth-order valence-corrected chi connectivity index (χ4v) is 2.25. The standard InChI is InChI=1S/C19H15F2N3O/c20-15-5-7-16(8-6-15)24-17-9-14(10-22-12-17)19(25)23-11-13-3-1-2-4-18(13)21/h1-10,12,24H,11H2,(H,23,25). The van der Waals surface area contributed by atoms with Crippen molar-refractivity contribution in [3.63, 3.8) is 0 Å². The lowest BCUT2D eigenvalue weighted by atomic mass is 10.2. The Balaban J connectivity index is 1.67. The lowest BCUT2D eigenvalue weighted by Gasteiger charge is -2.09. The molecule has 0 atom stereocenters. The molecular formula is C19H15F2N3O. The number of carbonyl (C=O) groups is 1. The maximum atomic E-state index is 13.6. The highest BCUT2D eigenvalue weighted by atomic mass is 19.1. The van der Waals surface area contributed by atoms with E-state index in [-0.39, 0.29) is 24.1 Å². The Morgan fingerprint density at radius 2 is 1.72 bits per heavy atom.